The molecule has 0 unspecified atom stereocenters. The molecule has 1 rings (SSSR count). The van der Waals surface area contributed by atoms with E-state index < -0.39 is 0 Å². The molecule has 4 heteroatoms. The summed E-state index contributed by atoms with van der Waals surface area (Å²) in [4.78, 5) is 0. The van der Waals surface area contributed by atoms with Crippen molar-refractivity contribution in [2.24, 2.45) is 0 Å². The number of nitrogens with zero attached hydrogens (tertiary/aromatic N) is 1. The summed E-state index contributed by atoms with van der Waals surface area (Å²) in [7, 11) is 0. The molecule has 3 N–H and O–H groups in total. The van der Waals surface area contributed by atoms with E-state index >= 15 is 0 Å². The summed E-state index contributed by atoms with van der Waals surface area (Å²) in [6.07, 6.45) is 3.21. The van der Waals surface area contributed by atoms with Crippen LogP contribution in [0.4, 0.5) is 11.4 Å². The van der Waals surface area contributed by atoms with E-state index in [1.54, 1.807) is 12.1 Å². The lowest BCUT2D eigenvalue weighted by atomic mass is 10.2. The second-order valence-electron chi connectivity index (χ2n) is 3.19. The summed E-state index contributed by atoms with van der Waals surface area (Å²) in [5.41, 5.74) is 7.65. The summed E-state index contributed by atoms with van der Waals surface area (Å²) in [5, 5.41) is 12.1. The number of anilines is 2. The summed E-state index contributed by atoms with van der Waals surface area (Å²) < 4.78 is 0. The van der Waals surface area contributed by atoms with Gasteiger partial charge in [0.15, 0.2) is 0 Å². The molecular formula is C11H15N3S. The average Bonchev–Trinajstić information content (AvgIpc) is 2.26. The molecule has 0 aliphatic heterocycles. The maximum absolute atomic E-state index is 8.79. The molecule has 0 saturated heterocycles. The quantitative estimate of drug-likeness (QED) is 0.591. The van der Waals surface area contributed by atoms with Crippen molar-refractivity contribution in [1.29, 1.82) is 5.26 Å². The highest BCUT2D eigenvalue weighted by atomic mass is 32.2. The van der Waals surface area contributed by atoms with E-state index in [0.29, 0.717) is 11.3 Å². The second-order valence-corrected chi connectivity index (χ2v) is 4.17. The van der Waals surface area contributed by atoms with Crippen molar-refractivity contribution in [3.63, 3.8) is 0 Å². The third kappa shape index (κ3) is 3.72. The van der Waals surface area contributed by atoms with E-state index in [4.69, 9.17) is 11.0 Å². The van der Waals surface area contributed by atoms with Crippen LogP contribution in [0.2, 0.25) is 0 Å². The number of hydrogen-bond donors (Lipinski definition) is 2. The van der Waals surface area contributed by atoms with Crippen LogP contribution in [0.1, 0.15) is 12.0 Å². The van der Waals surface area contributed by atoms with E-state index in [-0.39, 0.29) is 0 Å². The lowest BCUT2D eigenvalue weighted by molar-refractivity contribution is 0.993. The topological polar surface area (TPSA) is 61.8 Å². The number of thioether (sulfide) groups is 1. The molecule has 0 aromatic heterocycles. The van der Waals surface area contributed by atoms with E-state index in [9.17, 15) is 0 Å². The molecule has 0 aliphatic carbocycles. The van der Waals surface area contributed by atoms with Crippen molar-refractivity contribution in [2.45, 2.75) is 6.42 Å². The van der Waals surface area contributed by atoms with Gasteiger partial charge in [0.25, 0.3) is 0 Å². The van der Waals surface area contributed by atoms with Crippen LogP contribution in [0.15, 0.2) is 18.2 Å². The van der Waals surface area contributed by atoms with E-state index in [2.05, 4.69) is 17.6 Å². The second kappa shape index (κ2) is 6.20. The molecule has 0 amide bonds. The highest BCUT2D eigenvalue weighted by molar-refractivity contribution is 7.98. The van der Waals surface area contributed by atoms with Crippen molar-refractivity contribution in [3.8, 4) is 6.07 Å². The van der Waals surface area contributed by atoms with Crippen LogP contribution in [0.5, 0.6) is 0 Å². The Morgan fingerprint density at radius 1 is 1.53 bits per heavy atom. The normalized spacial score (nSPS) is 9.60. The van der Waals surface area contributed by atoms with Crippen molar-refractivity contribution >= 4 is 23.1 Å². The van der Waals surface area contributed by atoms with Crippen molar-refractivity contribution in [3.05, 3.63) is 23.8 Å². The summed E-state index contributed by atoms with van der Waals surface area (Å²) in [6, 6.07) is 7.51. The number of benzene rings is 1. The van der Waals surface area contributed by atoms with Gasteiger partial charge in [0.05, 0.1) is 5.56 Å². The molecule has 0 fully saturated rings. The van der Waals surface area contributed by atoms with Gasteiger partial charge in [-0.15, -0.1) is 0 Å². The summed E-state index contributed by atoms with van der Waals surface area (Å²) in [6.45, 7) is 0.926. The number of nitrogen functional groups attached to an aromatic ring is 1. The molecule has 1 aromatic rings. The number of hydrogen-bond acceptors (Lipinski definition) is 4. The van der Waals surface area contributed by atoms with Crippen LogP contribution >= 0.6 is 11.8 Å². The molecule has 0 radical (unpaired) electrons. The molecule has 15 heavy (non-hydrogen) atoms. The minimum atomic E-state index is 0.532. The Morgan fingerprint density at radius 2 is 2.33 bits per heavy atom. The number of nitrogens with one attached hydrogen (secondary N) is 1. The van der Waals surface area contributed by atoms with Crippen LogP contribution in [0, 0.1) is 11.3 Å². The zero-order chi connectivity index (χ0) is 11.1. The third-order valence-electron chi connectivity index (χ3n) is 2.03. The van der Waals surface area contributed by atoms with Gasteiger partial charge in [-0.2, -0.15) is 17.0 Å². The predicted molar refractivity (Wildman–Crippen MR) is 67.1 cm³/mol. The molecule has 0 aliphatic rings. The van der Waals surface area contributed by atoms with E-state index in [1.807, 2.05) is 17.8 Å². The smallest absolute Gasteiger partial charge is 0.101 e. The number of rotatable bonds is 5. The van der Waals surface area contributed by atoms with Crippen molar-refractivity contribution in [1.82, 2.24) is 0 Å². The monoisotopic (exact) mass is 221 g/mol. The fourth-order valence-corrected chi connectivity index (χ4v) is 1.65. The van der Waals surface area contributed by atoms with Gasteiger partial charge in [0, 0.05) is 17.9 Å². The minimum Gasteiger partial charge on any atom is -0.398 e. The number of nitrogens with two attached hydrogens (primary N) is 1. The Labute approximate surface area is 94.7 Å². The van der Waals surface area contributed by atoms with E-state index in [0.717, 1.165) is 24.4 Å². The predicted octanol–water partition coefficient (Wildman–Crippen LogP) is 2.31. The Balaban J connectivity index is 2.52. The first-order chi connectivity index (χ1) is 7.27. The Morgan fingerprint density at radius 3 is 3.00 bits per heavy atom. The van der Waals surface area contributed by atoms with Crippen molar-refractivity contribution in [2.75, 3.05) is 29.6 Å². The fraction of sp³-hybridized carbons (Fsp3) is 0.364. The Hall–Kier alpha value is -1.34. The molecule has 1 aromatic carbocycles. The molecule has 80 valence electrons. The standard InChI is InChI=1S/C11H15N3S/c1-15-6-2-5-14-10-3-4-11(13)9(7-10)8-12/h3-4,7,14H,2,5-6,13H2,1H3. The maximum atomic E-state index is 8.79. The highest BCUT2D eigenvalue weighted by Gasteiger charge is 1.99. The van der Waals surface area contributed by atoms with Gasteiger partial charge in [0.2, 0.25) is 0 Å². The van der Waals surface area contributed by atoms with Gasteiger partial charge in [-0.3, -0.25) is 0 Å². The number of nitriles is 1. The fourth-order valence-electron chi connectivity index (χ4n) is 1.21. The van der Waals surface area contributed by atoms with Gasteiger partial charge >= 0.3 is 0 Å². The van der Waals surface area contributed by atoms with Crippen LogP contribution < -0.4 is 11.1 Å². The Bertz CT molecular complexity index is 357. The minimum absolute atomic E-state index is 0.532. The van der Waals surface area contributed by atoms with Crippen LogP contribution in [-0.2, 0) is 0 Å². The lowest BCUT2D eigenvalue weighted by Gasteiger charge is -2.06. The van der Waals surface area contributed by atoms with Crippen LogP contribution in [0.25, 0.3) is 0 Å². The molecule has 0 heterocycles. The zero-order valence-corrected chi connectivity index (χ0v) is 9.60. The van der Waals surface area contributed by atoms with Crippen LogP contribution in [0.3, 0.4) is 0 Å². The molecule has 0 atom stereocenters. The zero-order valence-electron chi connectivity index (χ0n) is 8.79. The SMILES string of the molecule is CSCCCNc1ccc(N)c(C#N)c1. The first-order valence-electron chi connectivity index (χ1n) is 4.80. The van der Waals surface area contributed by atoms with Crippen LogP contribution in [-0.4, -0.2) is 18.6 Å². The molecular weight excluding hydrogens is 206 g/mol. The summed E-state index contributed by atoms with van der Waals surface area (Å²) >= 11 is 1.83. The van der Waals surface area contributed by atoms with Crippen molar-refractivity contribution < 1.29 is 0 Å². The summed E-state index contributed by atoms with van der Waals surface area (Å²) in [5.74, 6) is 1.15. The Kier molecular flexibility index (Phi) is 4.85. The largest absolute Gasteiger partial charge is 0.398 e. The average molecular weight is 221 g/mol. The van der Waals surface area contributed by atoms with E-state index in [1.165, 1.54) is 0 Å². The molecule has 0 bridgehead atoms. The van der Waals surface area contributed by atoms with Gasteiger partial charge in [-0.05, 0) is 36.6 Å². The third-order valence-corrected chi connectivity index (χ3v) is 2.73. The maximum Gasteiger partial charge on any atom is 0.101 e. The molecule has 0 saturated carbocycles. The van der Waals surface area contributed by atoms with Gasteiger partial charge < -0.3 is 11.1 Å². The van der Waals surface area contributed by atoms with Gasteiger partial charge in [-0.1, -0.05) is 0 Å². The molecule has 0 spiro atoms. The van der Waals surface area contributed by atoms with Gasteiger partial charge in [0.1, 0.15) is 6.07 Å². The first-order valence-corrected chi connectivity index (χ1v) is 6.19. The highest BCUT2D eigenvalue weighted by Crippen LogP contribution is 2.16. The first kappa shape index (κ1) is 11.7. The molecule has 3 nitrogen and oxygen atoms in total. The van der Waals surface area contributed by atoms with Gasteiger partial charge in [-0.25, -0.2) is 0 Å². The lowest BCUT2D eigenvalue weighted by Crippen LogP contribution is -2.03.